The number of rotatable bonds is 4. The minimum absolute atomic E-state index is 0.297. The van der Waals surface area contributed by atoms with Crippen LogP contribution in [0.5, 0.6) is 0 Å². The average molecular weight is 350 g/mol. The largest absolute Gasteiger partial charge is 0.361 e. The second kappa shape index (κ2) is 6.45. The van der Waals surface area contributed by atoms with E-state index in [1.165, 1.54) is 22.5 Å². The molecule has 1 atom stereocenters. The third kappa shape index (κ3) is 2.99. The molecule has 0 radical (unpaired) electrons. The minimum atomic E-state index is -3.91. The van der Waals surface area contributed by atoms with E-state index in [9.17, 15) is 12.8 Å². The third-order valence-electron chi connectivity index (χ3n) is 4.10. The van der Waals surface area contributed by atoms with E-state index in [2.05, 4.69) is 10.2 Å². The van der Waals surface area contributed by atoms with Crippen LogP contribution in [0.4, 0.5) is 10.2 Å². The molecule has 24 heavy (non-hydrogen) atoms. The van der Waals surface area contributed by atoms with Crippen molar-refractivity contribution in [1.82, 2.24) is 14.5 Å². The lowest BCUT2D eigenvalue weighted by Crippen LogP contribution is -2.31. The van der Waals surface area contributed by atoms with E-state index in [4.69, 9.17) is 0 Å². The van der Waals surface area contributed by atoms with Crippen molar-refractivity contribution < 1.29 is 12.8 Å². The summed E-state index contributed by atoms with van der Waals surface area (Å²) in [5.74, 6) is -0.0440. The zero-order valence-electron chi connectivity index (χ0n) is 13.6. The highest BCUT2D eigenvalue weighted by atomic mass is 32.2. The molecule has 1 aromatic heterocycles. The quantitative estimate of drug-likeness (QED) is 0.846. The maximum absolute atomic E-state index is 14.0. The Morgan fingerprint density at radius 1 is 1.17 bits per heavy atom. The van der Waals surface area contributed by atoms with Crippen molar-refractivity contribution in [3.05, 3.63) is 47.9 Å². The molecule has 1 fully saturated rings. The van der Waals surface area contributed by atoms with Crippen LogP contribution in [0, 0.1) is 5.82 Å². The molecule has 1 saturated heterocycles. The van der Waals surface area contributed by atoms with Crippen molar-refractivity contribution >= 4 is 15.8 Å². The molecule has 1 aliphatic rings. The van der Waals surface area contributed by atoms with Crippen molar-refractivity contribution in [1.29, 1.82) is 0 Å². The maximum atomic E-state index is 14.0. The molecular weight excluding hydrogens is 331 g/mol. The van der Waals surface area contributed by atoms with Gasteiger partial charge in [-0.25, -0.2) is 12.8 Å². The van der Waals surface area contributed by atoms with Gasteiger partial charge < -0.3 is 4.90 Å². The van der Waals surface area contributed by atoms with Crippen LogP contribution >= 0.6 is 0 Å². The Kier molecular flexibility index (Phi) is 4.51. The van der Waals surface area contributed by atoms with Crippen molar-refractivity contribution in [2.45, 2.75) is 23.8 Å². The van der Waals surface area contributed by atoms with Crippen LogP contribution in [-0.2, 0) is 10.0 Å². The summed E-state index contributed by atoms with van der Waals surface area (Å²) in [4.78, 5) is 1.52. The van der Waals surface area contributed by atoms with Gasteiger partial charge in [0, 0.05) is 20.6 Å². The highest BCUT2D eigenvalue weighted by molar-refractivity contribution is 7.89. The highest BCUT2D eigenvalue weighted by Gasteiger charge is 2.38. The number of nitrogens with zero attached hydrogens (tertiary/aromatic N) is 4. The van der Waals surface area contributed by atoms with Gasteiger partial charge in [-0.05, 0) is 37.1 Å². The first-order valence-electron chi connectivity index (χ1n) is 7.68. The van der Waals surface area contributed by atoms with Gasteiger partial charge in [-0.3, -0.25) is 0 Å². The smallest absolute Gasteiger partial charge is 0.246 e. The van der Waals surface area contributed by atoms with Crippen LogP contribution in [-0.4, -0.2) is 43.6 Å². The monoisotopic (exact) mass is 350 g/mol. The summed E-state index contributed by atoms with van der Waals surface area (Å²) in [6.07, 6.45) is 1.35. The molecule has 1 unspecified atom stereocenters. The van der Waals surface area contributed by atoms with Crippen LogP contribution in [0.15, 0.2) is 41.3 Å². The standard InChI is InChI=1S/C16H19FN4O2S/c1-20(2)16-10-9-13(18-19-16)14-7-5-11-21(14)24(22,23)15-8-4-3-6-12(15)17/h3-4,6,8-10,14H,5,7,11H2,1-2H3. The van der Waals surface area contributed by atoms with E-state index >= 15 is 0 Å². The third-order valence-corrected chi connectivity index (χ3v) is 6.04. The number of hydrogen-bond donors (Lipinski definition) is 0. The zero-order chi connectivity index (χ0) is 17.3. The summed E-state index contributed by atoms with van der Waals surface area (Å²) in [6.45, 7) is 0.346. The summed E-state index contributed by atoms with van der Waals surface area (Å²) in [6, 6.07) is 8.60. The van der Waals surface area contributed by atoms with Crippen molar-refractivity contribution in [3.8, 4) is 0 Å². The van der Waals surface area contributed by atoms with Gasteiger partial charge in [0.15, 0.2) is 5.82 Å². The van der Waals surface area contributed by atoms with Crippen LogP contribution in [0.25, 0.3) is 0 Å². The van der Waals surface area contributed by atoms with Crippen LogP contribution in [0.1, 0.15) is 24.6 Å². The summed E-state index contributed by atoms with van der Waals surface area (Å²) >= 11 is 0. The molecule has 2 aromatic rings. The van der Waals surface area contributed by atoms with Crippen LogP contribution < -0.4 is 4.90 Å². The number of anilines is 1. The first kappa shape index (κ1) is 16.8. The lowest BCUT2D eigenvalue weighted by Gasteiger charge is -2.24. The Morgan fingerprint density at radius 2 is 1.92 bits per heavy atom. The van der Waals surface area contributed by atoms with Crippen molar-refractivity contribution in [2.24, 2.45) is 0 Å². The Labute approximate surface area is 141 Å². The first-order chi connectivity index (χ1) is 11.4. The first-order valence-corrected chi connectivity index (χ1v) is 9.12. The predicted molar refractivity (Wildman–Crippen MR) is 88.6 cm³/mol. The molecular formula is C16H19FN4O2S. The van der Waals surface area contributed by atoms with E-state index in [0.29, 0.717) is 30.9 Å². The van der Waals surface area contributed by atoms with Gasteiger partial charge >= 0.3 is 0 Å². The van der Waals surface area contributed by atoms with Gasteiger partial charge in [-0.1, -0.05) is 12.1 Å². The number of sulfonamides is 1. The molecule has 0 N–H and O–H groups in total. The minimum Gasteiger partial charge on any atom is -0.361 e. The van der Waals surface area contributed by atoms with Gasteiger partial charge in [-0.15, -0.1) is 5.10 Å². The maximum Gasteiger partial charge on any atom is 0.246 e. The predicted octanol–water partition coefficient (Wildman–Crippen LogP) is 2.21. The molecule has 0 spiro atoms. The van der Waals surface area contributed by atoms with E-state index in [0.717, 1.165) is 6.07 Å². The molecule has 6 nitrogen and oxygen atoms in total. The second-order valence-corrected chi connectivity index (χ2v) is 7.77. The molecule has 1 aromatic carbocycles. The fourth-order valence-corrected chi connectivity index (χ4v) is 4.59. The van der Waals surface area contributed by atoms with Gasteiger partial charge in [0.05, 0.1) is 11.7 Å². The van der Waals surface area contributed by atoms with Crippen molar-refractivity contribution in [2.75, 3.05) is 25.5 Å². The van der Waals surface area contributed by atoms with E-state index in [1.54, 1.807) is 12.1 Å². The Bertz CT molecular complexity index is 824. The molecule has 0 saturated carbocycles. The summed E-state index contributed by atoms with van der Waals surface area (Å²) in [5.41, 5.74) is 0.581. The Balaban J connectivity index is 1.94. The fourth-order valence-electron chi connectivity index (χ4n) is 2.86. The molecule has 2 heterocycles. The normalized spacial score (nSPS) is 18.7. The van der Waals surface area contributed by atoms with Gasteiger partial charge in [0.1, 0.15) is 10.7 Å². The molecule has 128 valence electrons. The molecule has 0 amide bonds. The molecule has 0 aliphatic carbocycles. The lowest BCUT2D eigenvalue weighted by molar-refractivity contribution is 0.385. The molecule has 0 bridgehead atoms. The lowest BCUT2D eigenvalue weighted by atomic mass is 10.1. The Morgan fingerprint density at radius 3 is 2.54 bits per heavy atom. The van der Waals surface area contributed by atoms with Crippen molar-refractivity contribution in [3.63, 3.8) is 0 Å². The number of hydrogen-bond acceptors (Lipinski definition) is 5. The second-order valence-electron chi connectivity index (χ2n) is 5.92. The molecule has 1 aliphatic heterocycles. The number of aromatic nitrogens is 2. The zero-order valence-corrected chi connectivity index (χ0v) is 14.4. The Hall–Kier alpha value is -2.06. The fraction of sp³-hybridized carbons (Fsp3) is 0.375. The van der Waals surface area contributed by atoms with E-state index in [-0.39, 0.29) is 4.90 Å². The SMILES string of the molecule is CN(C)c1ccc(C2CCCN2S(=O)(=O)c2ccccc2F)nn1. The van der Waals surface area contributed by atoms with Gasteiger partial charge in [0.2, 0.25) is 10.0 Å². The van der Waals surface area contributed by atoms with E-state index in [1.807, 2.05) is 19.0 Å². The highest BCUT2D eigenvalue weighted by Crippen LogP contribution is 2.36. The van der Waals surface area contributed by atoms with Gasteiger partial charge in [0.25, 0.3) is 0 Å². The van der Waals surface area contributed by atoms with E-state index < -0.39 is 21.9 Å². The number of benzene rings is 1. The summed E-state index contributed by atoms with van der Waals surface area (Å²) in [5, 5.41) is 8.28. The topological polar surface area (TPSA) is 66.4 Å². The average Bonchev–Trinajstić information content (AvgIpc) is 3.05. The number of halogens is 1. The summed E-state index contributed by atoms with van der Waals surface area (Å²) < 4.78 is 41.0. The van der Waals surface area contributed by atoms with Crippen LogP contribution in [0.3, 0.4) is 0 Å². The van der Waals surface area contributed by atoms with Crippen LogP contribution in [0.2, 0.25) is 0 Å². The molecule has 8 heteroatoms. The summed E-state index contributed by atoms with van der Waals surface area (Å²) in [7, 11) is -0.202. The van der Waals surface area contributed by atoms with Gasteiger partial charge in [-0.2, -0.15) is 9.40 Å². The molecule has 3 rings (SSSR count).